The van der Waals surface area contributed by atoms with Gasteiger partial charge in [0.05, 0.1) is 5.39 Å². The molecule has 2 rings (SSSR count). The van der Waals surface area contributed by atoms with Crippen molar-refractivity contribution in [2.75, 3.05) is 5.73 Å². The predicted molar refractivity (Wildman–Crippen MR) is 80.7 cm³/mol. The Bertz CT molecular complexity index is 769. The largest absolute Gasteiger partial charge is 0.383 e. The smallest absolute Gasteiger partial charge is 0.164 e. The monoisotopic (exact) mass is 265 g/mol. The van der Waals surface area contributed by atoms with Crippen LogP contribution in [0.15, 0.2) is 42.8 Å². The second kappa shape index (κ2) is 5.85. The molecule has 0 fully saturated rings. The average molecular weight is 265 g/mol. The summed E-state index contributed by atoms with van der Waals surface area (Å²) in [6.07, 6.45) is 8.81. The third-order valence-corrected chi connectivity index (χ3v) is 2.66. The van der Waals surface area contributed by atoms with Crippen molar-refractivity contribution in [3.63, 3.8) is 0 Å². The van der Waals surface area contributed by atoms with E-state index in [1.807, 2.05) is 25.2 Å². The number of nitrogens with two attached hydrogens (primary N) is 1. The highest BCUT2D eigenvalue weighted by Crippen LogP contribution is 2.19. The standard InChI is InChI=1S/C15H15N5/c1-4-6-7-11(5-2)8-9-12-13-14(16)17-10-18-15(13)20(3)19-12/h4-7,10H,2H2,1,3H3,(H2,16,17,18)/b6-4-,11-7+. The van der Waals surface area contributed by atoms with Gasteiger partial charge in [0.25, 0.3) is 0 Å². The third-order valence-electron chi connectivity index (χ3n) is 2.66. The molecule has 0 radical (unpaired) electrons. The van der Waals surface area contributed by atoms with Crippen molar-refractivity contribution in [3.05, 3.63) is 48.5 Å². The van der Waals surface area contributed by atoms with Crippen LogP contribution in [0.1, 0.15) is 12.6 Å². The van der Waals surface area contributed by atoms with E-state index in [0.717, 1.165) is 5.57 Å². The number of aromatic nitrogens is 4. The lowest BCUT2D eigenvalue weighted by Gasteiger charge is -1.93. The lowest BCUT2D eigenvalue weighted by atomic mass is 10.2. The van der Waals surface area contributed by atoms with E-state index in [2.05, 4.69) is 33.5 Å². The lowest BCUT2D eigenvalue weighted by molar-refractivity contribution is 0.781. The van der Waals surface area contributed by atoms with Gasteiger partial charge in [-0.2, -0.15) is 5.10 Å². The second-order valence-corrected chi connectivity index (χ2v) is 4.03. The van der Waals surface area contributed by atoms with Crippen LogP contribution in [0.2, 0.25) is 0 Å². The molecule has 0 aromatic carbocycles. The summed E-state index contributed by atoms with van der Waals surface area (Å²) in [7, 11) is 1.80. The van der Waals surface area contributed by atoms with Crippen molar-refractivity contribution in [2.24, 2.45) is 7.05 Å². The van der Waals surface area contributed by atoms with E-state index in [1.54, 1.807) is 17.8 Å². The molecular weight excluding hydrogens is 250 g/mol. The predicted octanol–water partition coefficient (Wildman–Crippen LogP) is 1.99. The van der Waals surface area contributed by atoms with Crippen LogP contribution in [0.5, 0.6) is 0 Å². The van der Waals surface area contributed by atoms with Gasteiger partial charge in [-0.25, -0.2) is 14.6 Å². The first-order valence-electron chi connectivity index (χ1n) is 6.08. The van der Waals surface area contributed by atoms with E-state index in [4.69, 9.17) is 5.73 Å². The minimum atomic E-state index is 0.380. The van der Waals surface area contributed by atoms with Gasteiger partial charge in [-0.15, -0.1) is 0 Å². The molecule has 0 spiro atoms. The number of fused-ring (bicyclic) bond motifs is 1. The number of nitrogens with zero attached hydrogens (tertiary/aromatic N) is 4. The van der Waals surface area contributed by atoms with Crippen LogP contribution >= 0.6 is 0 Å². The van der Waals surface area contributed by atoms with Gasteiger partial charge in [0, 0.05) is 12.6 Å². The molecule has 2 aromatic rings. The van der Waals surface area contributed by atoms with E-state index < -0.39 is 0 Å². The number of hydrogen-bond acceptors (Lipinski definition) is 4. The molecule has 0 saturated heterocycles. The SMILES string of the molecule is C=C/C(C#Cc1nn(C)c2ncnc(N)c12)=C\C=C/C. The summed E-state index contributed by atoms with van der Waals surface area (Å²) in [5.41, 5.74) is 7.90. The Morgan fingerprint density at radius 2 is 2.25 bits per heavy atom. The molecule has 20 heavy (non-hydrogen) atoms. The fourth-order valence-electron chi connectivity index (χ4n) is 1.69. The molecule has 0 bridgehead atoms. The summed E-state index contributed by atoms with van der Waals surface area (Å²) in [6, 6.07) is 0. The maximum atomic E-state index is 5.87. The maximum absolute atomic E-state index is 5.87. The summed E-state index contributed by atoms with van der Waals surface area (Å²) in [5, 5.41) is 5.00. The molecule has 5 heteroatoms. The molecule has 0 aliphatic carbocycles. The number of aryl methyl sites for hydroxylation is 1. The van der Waals surface area contributed by atoms with Gasteiger partial charge in [-0.3, -0.25) is 0 Å². The van der Waals surface area contributed by atoms with Crippen LogP contribution < -0.4 is 5.73 Å². The molecule has 0 aliphatic heterocycles. The van der Waals surface area contributed by atoms with Crippen molar-refractivity contribution in [1.29, 1.82) is 0 Å². The molecular formula is C15H15N5. The van der Waals surface area contributed by atoms with E-state index in [9.17, 15) is 0 Å². The molecule has 2 heterocycles. The van der Waals surface area contributed by atoms with E-state index in [-0.39, 0.29) is 0 Å². The molecule has 0 aliphatic rings. The second-order valence-electron chi connectivity index (χ2n) is 4.03. The van der Waals surface area contributed by atoms with Crippen LogP contribution in [0.4, 0.5) is 5.82 Å². The minimum absolute atomic E-state index is 0.380. The summed E-state index contributed by atoms with van der Waals surface area (Å²) in [4.78, 5) is 8.13. The van der Waals surface area contributed by atoms with Gasteiger partial charge in [-0.1, -0.05) is 30.7 Å². The Morgan fingerprint density at radius 3 is 2.95 bits per heavy atom. The molecule has 0 saturated carbocycles. The molecule has 0 unspecified atom stereocenters. The molecule has 2 N–H and O–H groups in total. The number of hydrogen-bond donors (Lipinski definition) is 1. The summed E-state index contributed by atoms with van der Waals surface area (Å²) >= 11 is 0. The first-order valence-corrected chi connectivity index (χ1v) is 6.08. The minimum Gasteiger partial charge on any atom is -0.383 e. The molecule has 0 atom stereocenters. The normalized spacial score (nSPS) is 11.6. The number of anilines is 1. The zero-order valence-electron chi connectivity index (χ0n) is 11.5. The Morgan fingerprint density at radius 1 is 1.45 bits per heavy atom. The molecule has 2 aromatic heterocycles. The number of rotatable bonds is 2. The zero-order chi connectivity index (χ0) is 14.5. The summed E-state index contributed by atoms with van der Waals surface area (Å²) in [6.45, 7) is 5.67. The maximum Gasteiger partial charge on any atom is 0.164 e. The van der Waals surface area contributed by atoms with Crippen molar-refractivity contribution >= 4 is 16.9 Å². The number of allylic oxidation sites excluding steroid dienone is 5. The summed E-state index contributed by atoms with van der Waals surface area (Å²) in [5.74, 6) is 6.38. The average Bonchev–Trinajstić information content (AvgIpc) is 2.77. The van der Waals surface area contributed by atoms with Gasteiger partial charge >= 0.3 is 0 Å². The van der Waals surface area contributed by atoms with Crippen LogP contribution in [0.3, 0.4) is 0 Å². The Kier molecular flexibility index (Phi) is 3.96. The first-order chi connectivity index (χ1) is 9.67. The zero-order valence-corrected chi connectivity index (χ0v) is 11.5. The quantitative estimate of drug-likeness (QED) is 0.666. The molecule has 100 valence electrons. The van der Waals surface area contributed by atoms with Crippen molar-refractivity contribution in [2.45, 2.75) is 6.92 Å². The Hall–Kier alpha value is -2.87. The van der Waals surface area contributed by atoms with Gasteiger partial charge in [0.15, 0.2) is 5.65 Å². The fraction of sp³-hybridized carbons (Fsp3) is 0.133. The fourth-order valence-corrected chi connectivity index (χ4v) is 1.69. The lowest BCUT2D eigenvalue weighted by Crippen LogP contribution is -1.95. The van der Waals surface area contributed by atoms with Gasteiger partial charge in [0.2, 0.25) is 0 Å². The van der Waals surface area contributed by atoms with Crippen LogP contribution in [0.25, 0.3) is 11.0 Å². The third kappa shape index (κ3) is 2.59. The topological polar surface area (TPSA) is 69.6 Å². The highest BCUT2D eigenvalue weighted by atomic mass is 15.3. The van der Waals surface area contributed by atoms with Crippen molar-refractivity contribution in [1.82, 2.24) is 19.7 Å². The molecule has 5 nitrogen and oxygen atoms in total. The van der Waals surface area contributed by atoms with Crippen LogP contribution in [-0.2, 0) is 7.05 Å². The Labute approximate surface area is 117 Å². The highest BCUT2D eigenvalue weighted by molar-refractivity contribution is 5.90. The van der Waals surface area contributed by atoms with Gasteiger partial charge in [0.1, 0.15) is 17.8 Å². The number of nitrogen functional groups attached to an aromatic ring is 1. The van der Waals surface area contributed by atoms with E-state index in [0.29, 0.717) is 22.5 Å². The summed E-state index contributed by atoms with van der Waals surface area (Å²) < 4.78 is 1.64. The van der Waals surface area contributed by atoms with Crippen molar-refractivity contribution < 1.29 is 0 Å². The first kappa shape index (κ1) is 13.6. The van der Waals surface area contributed by atoms with E-state index in [1.165, 1.54) is 6.33 Å². The van der Waals surface area contributed by atoms with Crippen LogP contribution in [-0.4, -0.2) is 19.7 Å². The van der Waals surface area contributed by atoms with Crippen molar-refractivity contribution in [3.8, 4) is 11.8 Å². The highest BCUT2D eigenvalue weighted by Gasteiger charge is 2.11. The van der Waals surface area contributed by atoms with Crippen LogP contribution in [0, 0.1) is 11.8 Å². The van der Waals surface area contributed by atoms with Gasteiger partial charge in [-0.05, 0) is 18.9 Å². The Balaban J connectivity index is 2.53. The van der Waals surface area contributed by atoms with Gasteiger partial charge < -0.3 is 5.73 Å². The molecule has 0 amide bonds. The van der Waals surface area contributed by atoms with E-state index >= 15 is 0 Å².